The van der Waals surface area contributed by atoms with E-state index in [1.165, 1.54) is 19.3 Å². The molecule has 3 unspecified atom stereocenters. The summed E-state index contributed by atoms with van der Waals surface area (Å²) in [5.41, 5.74) is -0.441. The molecule has 0 bridgehead atoms. The topological polar surface area (TPSA) is 72.4 Å². The van der Waals surface area contributed by atoms with E-state index in [2.05, 4.69) is 17.0 Å². The van der Waals surface area contributed by atoms with Crippen molar-refractivity contribution >= 4 is 12.6 Å². The molecule has 7 nitrogen and oxygen atoms in total. The highest BCUT2D eigenvalue weighted by Gasteiger charge is 2.61. The van der Waals surface area contributed by atoms with Crippen LogP contribution in [0.15, 0.2) is 27.9 Å². The maximum atomic E-state index is 14.5. The lowest BCUT2D eigenvalue weighted by Gasteiger charge is -2.37. The number of hydrogen-bond donors (Lipinski definition) is 1. The summed E-state index contributed by atoms with van der Waals surface area (Å²) in [6.07, 6.45) is 5.73. The van der Waals surface area contributed by atoms with Gasteiger partial charge < -0.3 is 24.4 Å². The van der Waals surface area contributed by atoms with E-state index in [9.17, 15) is 18.0 Å². The Balaban J connectivity index is 1.37. The number of amides is 1. The van der Waals surface area contributed by atoms with Gasteiger partial charge in [0.15, 0.2) is 0 Å². The number of carbonyl (C=O) groups is 1. The minimum atomic E-state index is -4.43. The van der Waals surface area contributed by atoms with Crippen LogP contribution in [0, 0.1) is 11.3 Å². The molecule has 0 spiro atoms. The third-order valence-corrected chi connectivity index (χ3v) is 9.95. The highest BCUT2D eigenvalue weighted by Crippen LogP contribution is 2.54. The van der Waals surface area contributed by atoms with Gasteiger partial charge in [-0.1, -0.05) is 19.3 Å². The van der Waals surface area contributed by atoms with Gasteiger partial charge in [-0.3, -0.25) is 9.79 Å². The zero-order chi connectivity index (χ0) is 28.5. The maximum Gasteiger partial charge on any atom is 0.412 e. The van der Waals surface area contributed by atoms with Crippen molar-refractivity contribution < 1.29 is 32.2 Å². The number of nitrogens with one attached hydrogen (secondary N) is 1. The Kier molecular flexibility index (Phi) is 9.09. The van der Waals surface area contributed by atoms with Crippen molar-refractivity contribution in [1.29, 1.82) is 0 Å². The van der Waals surface area contributed by atoms with Crippen molar-refractivity contribution in [1.82, 2.24) is 10.2 Å². The second-order valence-corrected chi connectivity index (χ2v) is 12.4. The third kappa shape index (κ3) is 6.05. The summed E-state index contributed by atoms with van der Waals surface area (Å²) in [5.74, 6) is 0.476. The molecule has 3 aliphatic heterocycles. The minimum absolute atomic E-state index is 0.00838. The van der Waals surface area contributed by atoms with Crippen LogP contribution in [0.4, 0.5) is 13.2 Å². The molecule has 10 heteroatoms. The van der Waals surface area contributed by atoms with E-state index in [1.807, 2.05) is 0 Å². The summed E-state index contributed by atoms with van der Waals surface area (Å²) in [6, 6.07) is 0.240. The molecule has 5 rings (SSSR count). The van der Waals surface area contributed by atoms with Gasteiger partial charge in [-0.15, -0.1) is 0 Å². The zero-order valence-corrected chi connectivity index (χ0v) is 23.8. The van der Waals surface area contributed by atoms with Crippen molar-refractivity contribution in [3.05, 3.63) is 22.9 Å². The Labute approximate surface area is 235 Å². The molecule has 1 amide bonds. The average Bonchev–Trinajstić information content (AvgIpc) is 3.48. The lowest BCUT2D eigenvalue weighted by molar-refractivity contribution is -0.144. The highest BCUT2D eigenvalue weighted by molar-refractivity contribution is 5.85. The summed E-state index contributed by atoms with van der Waals surface area (Å²) in [6.45, 7) is 6.37. The molecule has 0 radical (unpaired) electrons. The van der Waals surface area contributed by atoms with Crippen LogP contribution < -0.4 is 5.32 Å². The van der Waals surface area contributed by atoms with E-state index in [1.54, 1.807) is 12.0 Å². The molecule has 5 aliphatic rings. The van der Waals surface area contributed by atoms with Crippen molar-refractivity contribution in [2.24, 2.45) is 16.3 Å². The molecule has 2 saturated carbocycles. The summed E-state index contributed by atoms with van der Waals surface area (Å²) in [5, 5.41) is 3.77. The SMILES string of the molecule is C=NC1=C(/C=C(\C)C(F)(F)F)CN(C(=O)[C@@]23CC(C4CCCCC4)O[C@@H]2C[C@@H](NC2CCOCC2OC)C3)CC1. The monoisotopic (exact) mass is 567 g/mol. The Morgan fingerprint density at radius 2 is 2.00 bits per heavy atom. The van der Waals surface area contributed by atoms with Gasteiger partial charge >= 0.3 is 6.18 Å². The molecule has 1 N–H and O–H groups in total. The van der Waals surface area contributed by atoms with E-state index in [4.69, 9.17) is 14.2 Å². The van der Waals surface area contributed by atoms with Crippen molar-refractivity contribution in [3.8, 4) is 0 Å². The number of rotatable bonds is 7. The smallest absolute Gasteiger partial charge is 0.379 e. The van der Waals surface area contributed by atoms with Crippen LogP contribution in [0.3, 0.4) is 0 Å². The van der Waals surface area contributed by atoms with Gasteiger partial charge in [0, 0.05) is 56.6 Å². The molecule has 0 aromatic carbocycles. The summed E-state index contributed by atoms with van der Waals surface area (Å²) in [7, 11) is 1.70. The van der Waals surface area contributed by atoms with Crippen molar-refractivity contribution in [2.75, 3.05) is 33.4 Å². The largest absolute Gasteiger partial charge is 0.412 e. The van der Waals surface area contributed by atoms with Crippen LogP contribution in [0.1, 0.15) is 71.1 Å². The van der Waals surface area contributed by atoms with Gasteiger partial charge in [-0.25, -0.2) is 0 Å². The van der Waals surface area contributed by atoms with E-state index in [0.717, 1.165) is 38.7 Å². The lowest BCUT2D eigenvalue weighted by atomic mass is 9.75. The van der Waals surface area contributed by atoms with Crippen LogP contribution >= 0.6 is 0 Å². The highest BCUT2D eigenvalue weighted by atomic mass is 19.4. The van der Waals surface area contributed by atoms with Crippen LogP contribution in [0.25, 0.3) is 0 Å². The standard InChI is InChI=1S/C30H44F3N3O4/c1-19(30(31,32)33)13-21-17-36(11-9-23(21)34-2)28(37)29-15-22(35-24-10-12-39-18-26(24)38-3)14-27(29)40-25(16-29)20-7-5-4-6-8-20/h13,20,22,24-27,35H,2,4-12,14-18H2,1,3H3/b19-13+/t22-,24?,25?,26?,27-,29+/m1/s1. The number of methoxy groups -OCH3 is 1. The van der Waals surface area contributed by atoms with Crippen molar-refractivity contribution in [3.63, 3.8) is 0 Å². The number of hydrogen-bond acceptors (Lipinski definition) is 6. The number of fused-ring (bicyclic) bond motifs is 1. The number of nitrogens with zero attached hydrogens (tertiary/aromatic N) is 2. The average molecular weight is 568 g/mol. The summed E-state index contributed by atoms with van der Waals surface area (Å²) in [4.78, 5) is 20.2. The van der Waals surface area contributed by atoms with Crippen LogP contribution in [-0.4, -0.2) is 87.5 Å². The molecule has 2 aliphatic carbocycles. The Morgan fingerprint density at radius 1 is 1.23 bits per heavy atom. The van der Waals surface area contributed by atoms with Gasteiger partial charge in [-0.2, -0.15) is 13.2 Å². The van der Waals surface area contributed by atoms with E-state index in [-0.39, 0.29) is 42.8 Å². The third-order valence-electron chi connectivity index (χ3n) is 9.95. The quantitative estimate of drug-likeness (QED) is 0.441. The first-order chi connectivity index (χ1) is 19.1. The van der Waals surface area contributed by atoms with E-state index >= 15 is 0 Å². The number of alkyl halides is 3. The van der Waals surface area contributed by atoms with Crippen LogP contribution in [0.2, 0.25) is 0 Å². The molecule has 6 atom stereocenters. The maximum absolute atomic E-state index is 14.5. The predicted molar refractivity (Wildman–Crippen MR) is 146 cm³/mol. The Bertz CT molecular complexity index is 1010. The fourth-order valence-electron chi connectivity index (χ4n) is 7.74. The minimum Gasteiger partial charge on any atom is -0.379 e. The Morgan fingerprint density at radius 3 is 2.70 bits per heavy atom. The normalized spacial score (nSPS) is 36.2. The molecule has 4 fully saturated rings. The van der Waals surface area contributed by atoms with Gasteiger partial charge in [-0.05, 0) is 69.7 Å². The number of allylic oxidation sites excluding steroid dienone is 1. The van der Waals surface area contributed by atoms with E-state index < -0.39 is 17.2 Å². The van der Waals surface area contributed by atoms with Crippen LogP contribution in [0.5, 0.6) is 0 Å². The molecular formula is C30H44F3N3O4. The zero-order valence-electron chi connectivity index (χ0n) is 23.8. The van der Waals surface area contributed by atoms with Gasteiger partial charge in [0.25, 0.3) is 0 Å². The van der Waals surface area contributed by atoms with Crippen LogP contribution in [-0.2, 0) is 19.0 Å². The molecule has 40 heavy (non-hydrogen) atoms. The van der Waals surface area contributed by atoms with Crippen molar-refractivity contribution in [2.45, 2.75) is 108 Å². The molecule has 0 aromatic rings. The summed E-state index contributed by atoms with van der Waals surface area (Å²) >= 11 is 0. The first-order valence-corrected chi connectivity index (χ1v) is 14.9. The van der Waals surface area contributed by atoms with Gasteiger partial charge in [0.1, 0.15) is 0 Å². The lowest BCUT2D eigenvalue weighted by Crippen LogP contribution is -2.51. The van der Waals surface area contributed by atoms with Gasteiger partial charge in [0.05, 0.1) is 30.3 Å². The molecule has 224 valence electrons. The molecule has 2 saturated heterocycles. The van der Waals surface area contributed by atoms with E-state index in [0.29, 0.717) is 56.2 Å². The van der Waals surface area contributed by atoms with Gasteiger partial charge in [0.2, 0.25) is 5.91 Å². The first-order valence-electron chi connectivity index (χ1n) is 14.9. The molecule has 3 heterocycles. The number of ether oxygens (including phenoxy) is 3. The fourth-order valence-corrected chi connectivity index (χ4v) is 7.74. The second kappa shape index (κ2) is 12.2. The molecule has 0 aromatic heterocycles. The second-order valence-electron chi connectivity index (χ2n) is 12.4. The molecular weight excluding hydrogens is 523 g/mol. The first kappa shape index (κ1) is 29.7. The Hall–Kier alpha value is -1.75. The predicted octanol–water partition coefficient (Wildman–Crippen LogP) is 4.96. The number of halogens is 3. The number of aliphatic imine (C=N–C) groups is 1. The number of carbonyl (C=O) groups excluding carboxylic acids is 1. The summed E-state index contributed by atoms with van der Waals surface area (Å²) < 4.78 is 58.1. The fraction of sp³-hybridized carbons (Fsp3) is 0.800.